The Bertz CT molecular complexity index is 579. The SMILES string of the molecule is CCC1(CC)CCN(S(=O)(=O)c2cc(C)c(CN)s2)CC1. The number of hydrogen-bond acceptors (Lipinski definition) is 4. The second kappa shape index (κ2) is 6.36. The molecule has 2 rings (SSSR count). The van der Waals surface area contributed by atoms with E-state index < -0.39 is 10.0 Å². The van der Waals surface area contributed by atoms with Crippen molar-refractivity contribution in [1.82, 2.24) is 4.31 Å². The lowest BCUT2D eigenvalue weighted by Gasteiger charge is -2.40. The van der Waals surface area contributed by atoms with Gasteiger partial charge in [0.25, 0.3) is 10.0 Å². The van der Waals surface area contributed by atoms with Crippen LogP contribution < -0.4 is 5.73 Å². The van der Waals surface area contributed by atoms with Crippen LogP contribution in [0.2, 0.25) is 0 Å². The normalized spacial score (nSPS) is 19.8. The first-order valence-electron chi connectivity index (χ1n) is 7.68. The van der Waals surface area contributed by atoms with E-state index in [1.165, 1.54) is 11.3 Å². The molecule has 2 heterocycles. The molecule has 1 aromatic rings. The van der Waals surface area contributed by atoms with Crippen molar-refractivity contribution in [2.45, 2.75) is 57.2 Å². The number of thiophene rings is 1. The Balaban J connectivity index is 2.18. The Morgan fingerprint density at radius 2 is 1.86 bits per heavy atom. The Kier molecular flexibility index (Phi) is 5.13. The van der Waals surface area contributed by atoms with Crippen molar-refractivity contribution in [3.8, 4) is 0 Å². The molecule has 0 bridgehead atoms. The molecule has 0 radical (unpaired) electrons. The average Bonchev–Trinajstić information content (AvgIpc) is 2.89. The van der Waals surface area contributed by atoms with Gasteiger partial charge in [0, 0.05) is 24.5 Å². The van der Waals surface area contributed by atoms with Crippen LogP contribution in [-0.4, -0.2) is 25.8 Å². The van der Waals surface area contributed by atoms with Crippen LogP contribution in [0.1, 0.15) is 50.0 Å². The van der Waals surface area contributed by atoms with Crippen LogP contribution in [0.5, 0.6) is 0 Å². The Hall–Kier alpha value is -0.430. The van der Waals surface area contributed by atoms with E-state index in [0.717, 1.165) is 36.1 Å². The van der Waals surface area contributed by atoms with Gasteiger partial charge in [0.05, 0.1) is 0 Å². The van der Waals surface area contributed by atoms with Gasteiger partial charge in [0.15, 0.2) is 0 Å². The number of sulfonamides is 1. The summed E-state index contributed by atoms with van der Waals surface area (Å²) < 4.78 is 27.6. The van der Waals surface area contributed by atoms with Crippen LogP contribution in [0.3, 0.4) is 0 Å². The van der Waals surface area contributed by atoms with Gasteiger partial charge in [0.2, 0.25) is 0 Å². The first-order valence-corrected chi connectivity index (χ1v) is 9.93. The Morgan fingerprint density at radius 1 is 1.29 bits per heavy atom. The zero-order chi connectivity index (χ0) is 15.7. The van der Waals surface area contributed by atoms with Gasteiger partial charge in [-0.05, 0) is 36.8 Å². The number of nitrogens with zero attached hydrogens (tertiary/aromatic N) is 1. The van der Waals surface area contributed by atoms with Gasteiger partial charge in [-0.15, -0.1) is 11.3 Å². The lowest BCUT2D eigenvalue weighted by molar-refractivity contribution is 0.142. The van der Waals surface area contributed by atoms with Crippen molar-refractivity contribution in [3.63, 3.8) is 0 Å². The minimum absolute atomic E-state index is 0.333. The van der Waals surface area contributed by atoms with E-state index in [9.17, 15) is 8.42 Å². The molecule has 1 fully saturated rings. The van der Waals surface area contributed by atoms with Crippen molar-refractivity contribution in [3.05, 3.63) is 16.5 Å². The smallest absolute Gasteiger partial charge is 0.252 e. The van der Waals surface area contributed by atoms with Crippen LogP contribution in [0.15, 0.2) is 10.3 Å². The Morgan fingerprint density at radius 3 is 2.29 bits per heavy atom. The minimum atomic E-state index is -3.34. The van der Waals surface area contributed by atoms with E-state index in [1.54, 1.807) is 10.4 Å². The Labute approximate surface area is 132 Å². The summed E-state index contributed by atoms with van der Waals surface area (Å²) in [5, 5.41) is 0. The fourth-order valence-corrected chi connectivity index (χ4v) is 6.17. The average molecular weight is 331 g/mol. The first-order chi connectivity index (χ1) is 9.88. The summed E-state index contributed by atoms with van der Waals surface area (Å²) >= 11 is 1.32. The van der Waals surface area contributed by atoms with Crippen molar-refractivity contribution in [1.29, 1.82) is 0 Å². The van der Waals surface area contributed by atoms with Gasteiger partial charge in [-0.2, -0.15) is 4.31 Å². The summed E-state index contributed by atoms with van der Waals surface area (Å²) in [5.74, 6) is 0. The zero-order valence-electron chi connectivity index (χ0n) is 13.2. The van der Waals surface area contributed by atoms with E-state index in [0.29, 0.717) is 29.3 Å². The molecular weight excluding hydrogens is 304 g/mol. The summed E-state index contributed by atoms with van der Waals surface area (Å²) in [7, 11) is -3.34. The highest BCUT2D eigenvalue weighted by atomic mass is 32.2. The maximum Gasteiger partial charge on any atom is 0.252 e. The number of rotatable bonds is 5. The number of piperidine rings is 1. The molecule has 0 aliphatic carbocycles. The molecule has 1 aliphatic rings. The van der Waals surface area contributed by atoms with Crippen molar-refractivity contribution >= 4 is 21.4 Å². The molecule has 0 spiro atoms. The van der Waals surface area contributed by atoms with Crippen LogP contribution in [0.25, 0.3) is 0 Å². The third kappa shape index (κ3) is 3.18. The predicted molar refractivity (Wildman–Crippen MR) is 88.0 cm³/mol. The molecule has 6 heteroatoms. The number of nitrogens with two attached hydrogens (primary N) is 1. The van der Waals surface area contributed by atoms with Gasteiger partial charge < -0.3 is 5.73 Å². The molecule has 1 aliphatic heterocycles. The summed E-state index contributed by atoms with van der Waals surface area (Å²) in [6.07, 6.45) is 4.19. The fourth-order valence-electron chi connectivity index (χ4n) is 3.10. The van der Waals surface area contributed by atoms with Crippen molar-refractivity contribution in [2.75, 3.05) is 13.1 Å². The molecule has 0 unspecified atom stereocenters. The van der Waals surface area contributed by atoms with E-state index in [-0.39, 0.29) is 0 Å². The summed E-state index contributed by atoms with van der Waals surface area (Å²) in [6.45, 7) is 8.03. The molecular formula is C15H26N2O2S2. The van der Waals surface area contributed by atoms with Crippen LogP contribution >= 0.6 is 11.3 Å². The van der Waals surface area contributed by atoms with Crippen molar-refractivity contribution in [2.24, 2.45) is 11.1 Å². The largest absolute Gasteiger partial charge is 0.326 e. The molecule has 0 amide bonds. The van der Waals surface area contributed by atoms with Crippen molar-refractivity contribution < 1.29 is 8.42 Å². The molecule has 2 N–H and O–H groups in total. The highest BCUT2D eigenvalue weighted by Gasteiger charge is 2.36. The molecule has 0 saturated carbocycles. The highest BCUT2D eigenvalue weighted by molar-refractivity contribution is 7.91. The number of hydrogen-bond donors (Lipinski definition) is 1. The minimum Gasteiger partial charge on any atom is -0.326 e. The summed E-state index contributed by atoms with van der Waals surface area (Å²) in [4.78, 5) is 0.960. The summed E-state index contributed by atoms with van der Waals surface area (Å²) in [5.41, 5.74) is 6.97. The molecule has 1 aromatic heterocycles. The molecule has 21 heavy (non-hydrogen) atoms. The highest BCUT2D eigenvalue weighted by Crippen LogP contribution is 2.40. The van der Waals surface area contributed by atoms with Gasteiger partial charge >= 0.3 is 0 Å². The lowest BCUT2D eigenvalue weighted by atomic mass is 9.75. The molecule has 4 nitrogen and oxygen atoms in total. The predicted octanol–water partition coefficient (Wildman–Crippen LogP) is 3.11. The lowest BCUT2D eigenvalue weighted by Crippen LogP contribution is -2.42. The van der Waals surface area contributed by atoms with Gasteiger partial charge in [-0.25, -0.2) is 8.42 Å². The standard InChI is InChI=1S/C15H26N2O2S2/c1-4-15(5-2)6-8-17(9-7-15)21(18,19)14-10-12(3)13(11-16)20-14/h10H,4-9,11,16H2,1-3H3. The zero-order valence-corrected chi connectivity index (χ0v) is 14.8. The van der Waals surface area contributed by atoms with Crippen LogP contribution in [-0.2, 0) is 16.6 Å². The van der Waals surface area contributed by atoms with E-state index in [1.807, 2.05) is 6.92 Å². The molecule has 0 aromatic carbocycles. The monoisotopic (exact) mass is 330 g/mol. The quantitative estimate of drug-likeness (QED) is 0.902. The van der Waals surface area contributed by atoms with Crippen LogP contribution in [0.4, 0.5) is 0 Å². The third-order valence-corrected chi connectivity index (χ3v) is 8.67. The molecule has 120 valence electrons. The number of aryl methyl sites for hydroxylation is 1. The topological polar surface area (TPSA) is 63.4 Å². The maximum absolute atomic E-state index is 12.8. The molecule has 0 atom stereocenters. The van der Waals surface area contributed by atoms with Crippen LogP contribution in [0, 0.1) is 12.3 Å². The maximum atomic E-state index is 12.8. The van der Waals surface area contributed by atoms with Gasteiger partial charge in [-0.3, -0.25) is 0 Å². The summed E-state index contributed by atoms with van der Waals surface area (Å²) in [6, 6.07) is 1.77. The second-order valence-corrected chi connectivity index (χ2v) is 9.29. The van der Waals surface area contributed by atoms with Gasteiger partial charge in [-0.1, -0.05) is 26.7 Å². The second-order valence-electron chi connectivity index (χ2n) is 5.99. The molecule has 1 saturated heterocycles. The van der Waals surface area contributed by atoms with E-state index in [2.05, 4.69) is 13.8 Å². The van der Waals surface area contributed by atoms with E-state index in [4.69, 9.17) is 5.73 Å². The van der Waals surface area contributed by atoms with Gasteiger partial charge in [0.1, 0.15) is 4.21 Å². The third-order valence-electron chi connectivity index (χ3n) is 5.06. The fraction of sp³-hybridized carbons (Fsp3) is 0.733. The van der Waals surface area contributed by atoms with E-state index >= 15 is 0 Å². The first kappa shape index (κ1) is 16.9.